The molecule has 2 N–H and O–H groups in total. The number of carbonyl (C=O) groups excluding carboxylic acids is 1. The SMILES string of the molecule is O=C(F)Cc1ccc(OP(=O)(O)O)cc1. The Morgan fingerprint density at radius 2 is 1.87 bits per heavy atom. The van der Waals surface area contributed by atoms with Crippen LogP contribution in [0.5, 0.6) is 5.75 Å². The molecule has 0 aromatic heterocycles. The summed E-state index contributed by atoms with van der Waals surface area (Å²) in [5.41, 5.74) is 0.403. The molecular formula is C8H8FO5P. The molecule has 7 heteroatoms. The maximum atomic E-state index is 12.0. The summed E-state index contributed by atoms with van der Waals surface area (Å²) in [5.74, 6) is -0.0432. The van der Waals surface area contributed by atoms with E-state index in [1.54, 1.807) is 0 Å². The lowest BCUT2D eigenvalue weighted by atomic mass is 10.1. The minimum atomic E-state index is -4.57. The first-order valence-electron chi connectivity index (χ1n) is 3.89. The molecule has 0 radical (unpaired) electrons. The van der Waals surface area contributed by atoms with Gasteiger partial charge in [0.1, 0.15) is 5.75 Å². The van der Waals surface area contributed by atoms with Crippen molar-refractivity contribution < 1.29 is 28.1 Å². The molecule has 1 rings (SSSR count). The molecule has 82 valence electrons. The molecule has 1 aromatic carbocycles. The van der Waals surface area contributed by atoms with Crippen molar-refractivity contribution in [2.24, 2.45) is 0 Å². The number of hydrogen-bond acceptors (Lipinski definition) is 3. The second-order valence-electron chi connectivity index (χ2n) is 2.76. The van der Waals surface area contributed by atoms with Crippen molar-refractivity contribution in [3.8, 4) is 5.75 Å². The minimum absolute atomic E-state index is 0.0432. The molecule has 0 aliphatic heterocycles. The molecule has 0 fully saturated rings. The van der Waals surface area contributed by atoms with Crippen molar-refractivity contribution in [3.05, 3.63) is 29.8 Å². The monoisotopic (exact) mass is 234 g/mol. The van der Waals surface area contributed by atoms with Crippen LogP contribution in [0.3, 0.4) is 0 Å². The first-order valence-corrected chi connectivity index (χ1v) is 5.42. The zero-order valence-electron chi connectivity index (χ0n) is 7.46. The highest BCUT2D eigenvalue weighted by atomic mass is 31.2. The van der Waals surface area contributed by atoms with Crippen LogP contribution in [0.25, 0.3) is 0 Å². The third-order valence-electron chi connectivity index (χ3n) is 1.49. The van der Waals surface area contributed by atoms with Gasteiger partial charge in [-0.3, -0.25) is 14.6 Å². The predicted molar refractivity (Wildman–Crippen MR) is 48.9 cm³/mol. The van der Waals surface area contributed by atoms with Crippen LogP contribution < -0.4 is 4.52 Å². The van der Waals surface area contributed by atoms with Crippen molar-refractivity contribution in [2.45, 2.75) is 6.42 Å². The van der Waals surface area contributed by atoms with Crippen molar-refractivity contribution in [2.75, 3.05) is 0 Å². The van der Waals surface area contributed by atoms with Gasteiger partial charge in [0.2, 0.25) is 0 Å². The number of rotatable bonds is 4. The van der Waals surface area contributed by atoms with Gasteiger partial charge < -0.3 is 4.52 Å². The largest absolute Gasteiger partial charge is 0.524 e. The van der Waals surface area contributed by atoms with Crippen molar-refractivity contribution in [1.82, 2.24) is 0 Å². The second kappa shape index (κ2) is 4.53. The summed E-state index contributed by atoms with van der Waals surface area (Å²) in [6, 6.07) is 3.72. The Labute approximate surface area is 84.7 Å². The molecule has 15 heavy (non-hydrogen) atoms. The summed E-state index contributed by atoms with van der Waals surface area (Å²) in [6.45, 7) is 0. The van der Waals surface area contributed by atoms with Crippen LogP contribution in [0.2, 0.25) is 0 Å². The summed E-state index contributed by atoms with van der Waals surface area (Å²) >= 11 is 0. The Morgan fingerprint density at radius 3 is 2.27 bits per heavy atom. The van der Waals surface area contributed by atoms with Crippen LogP contribution in [0, 0.1) is 0 Å². The first kappa shape index (κ1) is 11.8. The van der Waals surface area contributed by atoms with Gasteiger partial charge in [-0.1, -0.05) is 12.1 Å². The molecule has 0 heterocycles. The fraction of sp³-hybridized carbons (Fsp3) is 0.125. The maximum Gasteiger partial charge on any atom is 0.524 e. The van der Waals surface area contributed by atoms with Gasteiger partial charge >= 0.3 is 13.9 Å². The van der Waals surface area contributed by atoms with Crippen molar-refractivity contribution in [1.29, 1.82) is 0 Å². The molecule has 1 aromatic rings. The predicted octanol–water partition coefficient (Wildman–Crippen LogP) is 1.20. The Kier molecular flexibility index (Phi) is 3.57. The zero-order valence-corrected chi connectivity index (χ0v) is 8.36. The Bertz CT molecular complexity index is 396. The van der Waals surface area contributed by atoms with E-state index in [1.165, 1.54) is 24.3 Å². The molecule has 5 nitrogen and oxygen atoms in total. The molecule has 0 saturated carbocycles. The molecule has 0 saturated heterocycles. The Hall–Kier alpha value is -1.23. The van der Waals surface area contributed by atoms with Crippen LogP contribution in [0.4, 0.5) is 4.39 Å². The molecule has 0 aliphatic rings. The minimum Gasteiger partial charge on any atom is -0.404 e. The number of halogens is 1. The summed E-state index contributed by atoms with van der Waals surface area (Å²) in [7, 11) is -4.57. The summed E-state index contributed by atoms with van der Waals surface area (Å²) in [6.07, 6.45) is -0.365. The van der Waals surface area contributed by atoms with E-state index < -0.39 is 13.9 Å². The highest BCUT2D eigenvalue weighted by Crippen LogP contribution is 2.37. The molecule has 0 amide bonds. The second-order valence-corrected chi connectivity index (χ2v) is 3.92. The third-order valence-corrected chi connectivity index (χ3v) is 1.94. The van der Waals surface area contributed by atoms with Crippen LogP contribution in [0.15, 0.2) is 24.3 Å². The van der Waals surface area contributed by atoms with E-state index >= 15 is 0 Å². The maximum absolute atomic E-state index is 12.0. The number of phosphoric acid groups is 1. The fourth-order valence-electron chi connectivity index (χ4n) is 0.966. The lowest BCUT2D eigenvalue weighted by molar-refractivity contribution is -0.128. The summed E-state index contributed by atoms with van der Waals surface area (Å²) < 4.78 is 26.6. The van der Waals surface area contributed by atoms with Crippen LogP contribution in [-0.2, 0) is 15.8 Å². The topological polar surface area (TPSA) is 83.8 Å². The number of phosphoric ester groups is 1. The van der Waals surface area contributed by atoms with Gasteiger partial charge in [0, 0.05) is 0 Å². The van der Waals surface area contributed by atoms with Gasteiger partial charge in [-0.25, -0.2) is 4.57 Å². The van der Waals surface area contributed by atoms with E-state index in [-0.39, 0.29) is 12.2 Å². The van der Waals surface area contributed by atoms with Gasteiger partial charge in [-0.05, 0) is 17.7 Å². The van der Waals surface area contributed by atoms with Crippen molar-refractivity contribution >= 4 is 13.9 Å². The fourth-order valence-corrected chi connectivity index (χ4v) is 1.36. The van der Waals surface area contributed by atoms with Gasteiger partial charge in [0.15, 0.2) is 0 Å². The summed E-state index contributed by atoms with van der Waals surface area (Å²) in [5, 5.41) is 0. The first-order chi connectivity index (χ1) is 6.87. The van der Waals surface area contributed by atoms with E-state index in [0.29, 0.717) is 5.56 Å². The van der Waals surface area contributed by atoms with Gasteiger partial charge in [-0.15, -0.1) is 0 Å². The van der Waals surface area contributed by atoms with Gasteiger partial charge in [-0.2, -0.15) is 4.39 Å². The number of benzene rings is 1. The molecule has 0 unspecified atom stereocenters. The van der Waals surface area contributed by atoms with Crippen LogP contribution in [-0.4, -0.2) is 15.8 Å². The summed E-state index contributed by atoms with van der Waals surface area (Å²) in [4.78, 5) is 27.0. The van der Waals surface area contributed by atoms with E-state index in [2.05, 4.69) is 4.52 Å². The lowest BCUT2D eigenvalue weighted by Crippen LogP contribution is -1.95. The van der Waals surface area contributed by atoms with E-state index in [9.17, 15) is 13.8 Å². The Morgan fingerprint density at radius 1 is 1.33 bits per heavy atom. The van der Waals surface area contributed by atoms with E-state index in [1.807, 2.05) is 0 Å². The standard InChI is InChI=1S/C8H8FO5P/c9-8(10)5-6-1-3-7(4-2-6)14-15(11,12)13/h1-4H,5H2,(H2,11,12,13). The molecule has 0 spiro atoms. The molecule has 0 aliphatic carbocycles. The van der Waals surface area contributed by atoms with Crippen molar-refractivity contribution in [3.63, 3.8) is 0 Å². The van der Waals surface area contributed by atoms with E-state index in [4.69, 9.17) is 9.79 Å². The van der Waals surface area contributed by atoms with Crippen LogP contribution in [0.1, 0.15) is 5.56 Å². The third kappa shape index (κ3) is 4.69. The molecule has 0 bridgehead atoms. The highest BCUT2D eigenvalue weighted by Gasteiger charge is 2.15. The lowest BCUT2D eigenvalue weighted by Gasteiger charge is -2.06. The molecule has 0 atom stereocenters. The number of carbonyl (C=O) groups is 1. The number of hydrogen-bond donors (Lipinski definition) is 2. The van der Waals surface area contributed by atoms with Gasteiger partial charge in [0.05, 0.1) is 6.42 Å². The smallest absolute Gasteiger partial charge is 0.404 e. The average molecular weight is 234 g/mol. The van der Waals surface area contributed by atoms with E-state index in [0.717, 1.165) is 0 Å². The quantitative estimate of drug-likeness (QED) is 0.604. The zero-order chi connectivity index (χ0) is 11.5. The van der Waals surface area contributed by atoms with Crippen LogP contribution >= 0.6 is 7.82 Å². The Balaban J connectivity index is 2.72. The molecular weight excluding hydrogens is 226 g/mol. The normalized spacial score (nSPS) is 11.1. The average Bonchev–Trinajstić information content (AvgIpc) is 2.05. The highest BCUT2D eigenvalue weighted by molar-refractivity contribution is 7.46. The van der Waals surface area contributed by atoms with Gasteiger partial charge in [0.25, 0.3) is 0 Å².